The molecule has 1 aromatic heterocycles. The zero-order valence-electron chi connectivity index (χ0n) is 12.4. The molecule has 0 saturated carbocycles. The van der Waals surface area contributed by atoms with Crippen LogP contribution in [0.2, 0.25) is 10.2 Å². The Hall–Kier alpha value is -1.60. The molecule has 0 bridgehead atoms. The topological polar surface area (TPSA) is 36.3 Å². The standard InChI is InChI=1S/C14H13Cl2F3N2O2/c1-6(2)22-11-4-8(10(17)5-9(11)15)12-13(16)21(7(3)20-12)23-14(18)19/h4-6,14H,1-3H3. The van der Waals surface area contributed by atoms with E-state index in [1.807, 2.05) is 0 Å². The van der Waals surface area contributed by atoms with Crippen molar-refractivity contribution in [1.29, 1.82) is 0 Å². The molecule has 0 N–H and O–H groups in total. The van der Waals surface area contributed by atoms with Crippen LogP contribution in [0.1, 0.15) is 19.7 Å². The van der Waals surface area contributed by atoms with Crippen LogP contribution in [0.4, 0.5) is 13.2 Å². The molecule has 9 heteroatoms. The Morgan fingerprint density at radius 2 is 1.87 bits per heavy atom. The number of nitrogens with zero attached hydrogens (tertiary/aromatic N) is 2. The van der Waals surface area contributed by atoms with Crippen LogP contribution in [0.3, 0.4) is 0 Å². The SMILES string of the molecule is Cc1nc(-c2cc(OC(C)C)c(Cl)cc2F)c(Cl)n1OC(F)F. The molecule has 0 saturated heterocycles. The number of aromatic nitrogens is 2. The van der Waals surface area contributed by atoms with Gasteiger partial charge in [-0.3, -0.25) is 0 Å². The zero-order valence-corrected chi connectivity index (χ0v) is 13.9. The lowest BCUT2D eigenvalue weighted by atomic mass is 10.1. The van der Waals surface area contributed by atoms with E-state index in [-0.39, 0.29) is 39.1 Å². The van der Waals surface area contributed by atoms with Crippen molar-refractivity contribution >= 4 is 23.2 Å². The molecule has 0 aliphatic heterocycles. The normalized spacial score (nSPS) is 11.4. The number of ether oxygens (including phenoxy) is 1. The van der Waals surface area contributed by atoms with E-state index in [1.54, 1.807) is 13.8 Å². The maximum Gasteiger partial charge on any atom is 0.405 e. The Kier molecular flexibility index (Phi) is 5.31. The van der Waals surface area contributed by atoms with E-state index >= 15 is 0 Å². The highest BCUT2D eigenvalue weighted by Crippen LogP contribution is 2.36. The fraction of sp³-hybridized carbons (Fsp3) is 0.357. The van der Waals surface area contributed by atoms with Crippen LogP contribution in [-0.2, 0) is 0 Å². The molecule has 4 nitrogen and oxygen atoms in total. The highest BCUT2D eigenvalue weighted by Gasteiger charge is 2.22. The Labute approximate surface area is 140 Å². The molecule has 0 fully saturated rings. The summed E-state index contributed by atoms with van der Waals surface area (Å²) >= 11 is 11.9. The van der Waals surface area contributed by atoms with Gasteiger partial charge in [0.15, 0.2) is 5.15 Å². The average molecular weight is 369 g/mol. The van der Waals surface area contributed by atoms with Gasteiger partial charge in [0.2, 0.25) is 0 Å². The highest BCUT2D eigenvalue weighted by atomic mass is 35.5. The first-order valence-corrected chi connectivity index (χ1v) is 7.32. The van der Waals surface area contributed by atoms with Gasteiger partial charge in [-0.1, -0.05) is 23.2 Å². The summed E-state index contributed by atoms with van der Waals surface area (Å²) in [4.78, 5) is 8.22. The summed E-state index contributed by atoms with van der Waals surface area (Å²) in [6.07, 6.45) is -0.192. The van der Waals surface area contributed by atoms with Gasteiger partial charge in [0.25, 0.3) is 0 Å². The monoisotopic (exact) mass is 368 g/mol. The van der Waals surface area contributed by atoms with Gasteiger partial charge in [0, 0.05) is 5.56 Å². The first-order valence-electron chi connectivity index (χ1n) is 6.57. The maximum atomic E-state index is 14.2. The van der Waals surface area contributed by atoms with Gasteiger partial charge in [-0.2, -0.15) is 13.5 Å². The Bertz CT molecular complexity index is 721. The van der Waals surface area contributed by atoms with Crippen molar-refractivity contribution < 1.29 is 22.7 Å². The van der Waals surface area contributed by atoms with Crippen molar-refractivity contribution in [2.45, 2.75) is 33.5 Å². The van der Waals surface area contributed by atoms with E-state index in [9.17, 15) is 13.2 Å². The van der Waals surface area contributed by atoms with Gasteiger partial charge in [0.1, 0.15) is 23.1 Å². The summed E-state index contributed by atoms with van der Waals surface area (Å²) in [5, 5.41) is -0.199. The van der Waals surface area contributed by atoms with Gasteiger partial charge < -0.3 is 9.57 Å². The average Bonchev–Trinajstić information content (AvgIpc) is 2.69. The second-order valence-corrected chi connectivity index (χ2v) is 5.65. The van der Waals surface area contributed by atoms with E-state index in [2.05, 4.69) is 9.82 Å². The molecule has 0 aliphatic rings. The van der Waals surface area contributed by atoms with Gasteiger partial charge in [-0.05, 0) is 32.9 Å². The Morgan fingerprint density at radius 3 is 2.43 bits per heavy atom. The molecule has 126 valence electrons. The number of benzene rings is 1. The molecule has 0 unspecified atom stereocenters. The third-order valence-electron chi connectivity index (χ3n) is 2.77. The third-order valence-corrected chi connectivity index (χ3v) is 3.39. The molecule has 1 aromatic carbocycles. The van der Waals surface area contributed by atoms with Crippen molar-refractivity contribution in [2.24, 2.45) is 0 Å². The fourth-order valence-electron chi connectivity index (χ4n) is 1.92. The number of imidazole rings is 1. The maximum absolute atomic E-state index is 14.2. The van der Waals surface area contributed by atoms with Crippen molar-refractivity contribution in [2.75, 3.05) is 0 Å². The molecule has 1 heterocycles. The quantitative estimate of drug-likeness (QED) is 0.764. The number of hydrogen-bond donors (Lipinski definition) is 0. The second kappa shape index (κ2) is 6.88. The van der Waals surface area contributed by atoms with Crippen LogP contribution in [-0.4, -0.2) is 22.4 Å². The summed E-state index contributed by atoms with van der Waals surface area (Å²) in [6.45, 7) is 1.86. The van der Waals surface area contributed by atoms with E-state index in [1.165, 1.54) is 13.0 Å². The van der Waals surface area contributed by atoms with Gasteiger partial charge in [0.05, 0.1) is 11.1 Å². The second-order valence-electron chi connectivity index (χ2n) is 4.89. The minimum absolute atomic E-state index is 0.0326. The first-order chi connectivity index (χ1) is 10.7. The van der Waals surface area contributed by atoms with E-state index in [0.29, 0.717) is 4.73 Å². The summed E-state index contributed by atoms with van der Waals surface area (Å²) in [5.41, 5.74) is -0.0812. The number of halogens is 5. The molecule has 2 aromatic rings. The molecule has 0 radical (unpaired) electrons. The minimum atomic E-state index is -3.09. The van der Waals surface area contributed by atoms with Crippen LogP contribution in [0.5, 0.6) is 5.75 Å². The van der Waals surface area contributed by atoms with Crippen LogP contribution in [0.15, 0.2) is 12.1 Å². The Morgan fingerprint density at radius 1 is 1.22 bits per heavy atom. The van der Waals surface area contributed by atoms with E-state index in [0.717, 1.165) is 6.07 Å². The lowest BCUT2D eigenvalue weighted by Crippen LogP contribution is -2.18. The number of hydrogen-bond acceptors (Lipinski definition) is 3. The van der Waals surface area contributed by atoms with Crippen LogP contribution in [0.25, 0.3) is 11.3 Å². The molecule has 0 atom stereocenters. The molecule has 2 rings (SSSR count). The van der Waals surface area contributed by atoms with Crippen molar-refractivity contribution in [3.05, 3.63) is 34.0 Å². The fourth-order valence-corrected chi connectivity index (χ4v) is 2.42. The summed E-state index contributed by atoms with van der Waals surface area (Å²) in [7, 11) is 0. The predicted octanol–water partition coefficient (Wildman–Crippen LogP) is 4.74. The lowest BCUT2D eigenvalue weighted by molar-refractivity contribution is -0.134. The largest absolute Gasteiger partial charge is 0.489 e. The zero-order chi connectivity index (χ0) is 17.3. The summed E-state index contributed by atoms with van der Waals surface area (Å²) in [6, 6.07) is 2.37. The number of aryl methyl sites for hydroxylation is 1. The molecular formula is C14H13Cl2F3N2O2. The number of alkyl halides is 2. The number of rotatable bonds is 5. The van der Waals surface area contributed by atoms with Gasteiger partial charge >= 0.3 is 6.61 Å². The molecule has 0 spiro atoms. The van der Waals surface area contributed by atoms with Crippen molar-refractivity contribution in [3.63, 3.8) is 0 Å². The summed E-state index contributed by atoms with van der Waals surface area (Å²) < 4.78 is 45.1. The van der Waals surface area contributed by atoms with Crippen molar-refractivity contribution in [3.8, 4) is 17.0 Å². The van der Waals surface area contributed by atoms with Crippen LogP contribution in [0, 0.1) is 12.7 Å². The third kappa shape index (κ3) is 3.84. The van der Waals surface area contributed by atoms with Crippen LogP contribution >= 0.6 is 23.2 Å². The first kappa shape index (κ1) is 17.7. The summed E-state index contributed by atoms with van der Waals surface area (Å²) in [5.74, 6) is -0.434. The minimum Gasteiger partial charge on any atom is -0.489 e. The lowest BCUT2D eigenvalue weighted by Gasteiger charge is -2.13. The van der Waals surface area contributed by atoms with E-state index < -0.39 is 12.4 Å². The van der Waals surface area contributed by atoms with Crippen molar-refractivity contribution in [1.82, 2.24) is 9.71 Å². The van der Waals surface area contributed by atoms with E-state index in [4.69, 9.17) is 27.9 Å². The van der Waals surface area contributed by atoms with Crippen LogP contribution < -0.4 is 9.57 Å². The predicted molar refractivity (Wildman–Crippen MR) is 80.7 cm³/mol. The highest BCUT2D eigenvalue weighted by molar-refractivity contribution is 6.33. The molecular weight excluding hydrogens is 356 g/mol. The van der Waals surface area contributed by atoms with Gasteiger partial charge in [-0.15, -0.1) is 0 Å². The molecule has 0 aliphatic carbocycles. The molecule has 23 heavy (non-hydrogen) atoms. The smallest absolute Gasteiger partial charge is 0.405 e. The molecule has 0 amide bonds. The Balaban J connectivity index is 2.54. The van der Waals surface area contributed by atoms with Gasteiger partial charge in [-0.25, -0.2) is 9.37 Å².